The Morgan fingerprint density at radius 1 is 1.22 bits per heavy atom. The zero-order chi connectivity index (χ0) is 13.1. The number of hydrogen-bond donors (Lipinski definition) is 1. The van der Waals surface area contributed by atoms with Gasteiger partial charge in [0.15, 0.2) is 0 Å². The van der Waals surface area contributed by atoms with Crippen LogP contribution in [0.25, 0.3) is 0 Å². The Hall–Kier alpha value is -1.94. The van der Waals surface area contributed by atoms with Crippen molar-refractivity contribution in [2.75, 3.05) is 5.32 Å². The van der Waals surface area contributed by atoms with Gasteiger partial charge in [0.1, 0.15) is 0 Å². The van der Waals surface area contributed by atoms with Crippen LogP contribution in [0.1, 0.15) is 21.6 Å². The molecule has 0 atom stereocenters. The molecule has 0 radical (unpaired) electrons. The maximum Gasteiger partial charge on any atom is 0.258 e. The van der Waals surface area contributed by atoms with Crippen molar-refractivity contribution in [3.63, 3.8) is 0 Å². The van der Waals surface area contributed by atoms with Gasteiger partial charge in [0.25, 0.3) is 5.91 Å². The molecule has 5 heteroatoms. The molecule has 0 unspecified atom stereocenters. The van der Waals surface area contributed by atoms with Gasteiger partial charge < -0.3 is 5.32 Å². The second kappa shape index (κ2) is 5.14. The number of halogens is 1. The number of carbonyl (C=O) groups is 1. The van der Waals surface area contributed by atoms with Gasteiger partial charge >= 0.3 is 0 Å². The lowest BCUT2D eigenvalue weighted by atomic mass is 10.2. The fourth-order valence-corrected chi connectivity index (χ4v) is 1.81. The number of amides is 1. The zero-order valence-corrected chi connectivity index (χ0v) is 10.8. The molecule has 2 heterocycles. The van der Waals surface area contributed by atoms with E-state index in [0.717, 1.165) is 11.3 Å². The summed E-state index contributed by atoms with van der Waals surface area (Å²) >= 11 is 6.01. The van der Waals surface area contributed by atoms with Crippen LogP contribution in [0.2, 0.25) is 5.02 Å². The predicted molar refractivity (Wildman–Crippen MR) is 70.9 cm³/mol. The lowest BCUT2D eigenvalue weighted by Gasteiger charge is -2.07. The normalized spacial score (nSPS) is 10.2. The molecular weight excluding hydrogens is 250 g/mol. The average Bonchev–Trinajstić information content (AvgIpc) is 2.28. The molecule has 2 aromatic heterocycles. The minimum atomic E-state index is -0.292. The van der Waals surface area contributed by atoms with Gasteiger partial charge in [-0.25, -0.2) is 0 Å². The Labute approximate surface area is 110 Å². The van der Waals surface area contributed by atoms with E-state index in [9.17, 15) is 4.79 Å². The summed E-state index contributed by atoms with van der Waals surface area (Å²) in [4.78, 5) is 20.1. The molecule has 0 aliphatic heterocycles. The molecule has 2 rings (SSSR count). The molecule has 0 aromatic carbocycles. The molecule has 1 amide bonds. The Bertz CT molecular complexity index is 599. The van der Waals surface area contributed by atoms with E-state index in [1.54, 1.807) is 18.5 Å². The largest absolute Gasteiger partial charge is 0.320 e. The Morgan fingerprint density at radius 3 is 2.67 bits per heavy atom. The average molecular weight is 262 g/mol. The lowest BCUT2D eigenvalue weighted by Crippen LogP contribution is -2.13. The van der Waals surface area contributed by atoms with Crippen LogP contribution in [0.4, 0.5) is 5.69 Å². The van der Waals surface area contributed by atoms with Crippen molar-refractivity contribution < 1.29 is 4.79 Å². The van der Waals surface area contributed by atoms with Crippen molar-refractivity contribution in [2.24, 2.45) is 0 Å². The van der Waals surface area contributed by atoms with E-state index in [-0.39, 0.29) is 5.91 Å². The number of anilines is 1. The standard InChI is InChI=1S/C13H12ClN3O/c1-8-3-10(6-15-5-8)17-13(18)11-7-16-9(2)4-12(11)14/h3-7H,1-2H3,(H,17,18). The summed E-state index contributed by atoms with van der Waals surface area (Å²) in [6.45, 7) is 3.72. The molecule has 0 aliphatic rings. The van der Waals surface area contributed by atoms with Crippen LogP contribution >= 0.6 is 11.6 Å². The number of rotatable bonds is 2. The Balaban J connectivity index is 2.22. The molecule has 0 bridgehead atoms. The van der Waals surface area contributed by atoms with Crippen LogP contribution in [0.3, 0.4) is 0 Å². The number of hydrogen-bond acceptors (Lipinski definition) is 3. The third-order valence-electron chi connectivity index (χ3n) is 2.37. The van der Waals surface area contributed by atoms with Gasteiger partial charge in [-0.1, -0.05) is 11.6 Å². The van der Waals surface area contributed by atoms with E-state index >= 15 is 0 Å². The van der Waals surface area contributed by atoms with Crippen molar-refractivity contribution in [3.05, 3.63) is 52.6 Å². The van der Waals surface area contributed by atoms with Crippen LogP contribution in [0.5, 0.6) is 0 Å². The number of pyridine rings is 2. The van der Waals surface area contributed by atoms with E-state index in [0.29, 0.717) is 16.3 Å². The SMILES string of the molecule is Cc1cncc(NC(=O)c2cnc(C)cc2Cl)c1. The van der Waals surface area contributed by atoms with E-state index in [1.807, 2.05) is 19.9 Å². The van der Waals surface area contributed by atoms with Gasteiger partial charge in [0.05, 0.1) is 22.5 Å². The highest BCUT2D eigenvalue weighted by Gasteiger charge is 2.11. The van der Waals surface area contributed by atoms with Gasteiger partial charge in [-0.05, 0) is 31.5 Å². The molecule has 0 saturated heterocycles. The number of nitrogens with zero attached hydrogens (tertiary/aromatic N) is 2. The van der Waals surface area contributed by atoms with Gasteiger partial charge in [0, 0.05) is 18.1 Å². The smallest absolute Gasteiger partial charge is 0.258 e. The van der Waals surface area contributed by atoms with Gasteiger partial charge in [0.2, 0.25) is 0 Å². The molecule has 0 saturated carbocycles. The topological polar surface area (TPSA) is 54.9 Å². The molecule has 1 N–H and O–H groups in total. The van der Waals surface area contributed by atoms with Crippen LogP contribution in [0.15, 0.2) is 30.7 Å². The fraction of sp³-hybridized carbons (Fsp3) is 0.154. The summed E-state index contributed by atoms with van der Waals surface area (Å²) in [5.74, 6) is -0.292. The first kappa shape index (κ1) is 12.5. The molecule has 0 spiro atoms. The van der Waals surface area contributed by atoms with Crippen molar-refractivity contribution in [3.8, 4) is 0 Å². The summed E-state index contributed by atoms with van der Waals surface area (Å²) in [7, 11) is 0. The Morgan fingerprint density at radius 2 is 2.00 bits per heavy atom. The van der Waals surface area contributed by atoms with Crippen LogP contribution in [-0.4, -0.2) is 15.9 Å². The zero-order valence-electron chi connectivity index (χ0n) is 10.1. The van der Waals surface area contributed by atoms with E-state index in [4.69, 9.17) is 11.6 Å². The number of aryl methyl sites for hydroxylation is 2. The first-order chi connectivity index (χ1) is 8.56. The molecule has 0 aliphatic carbocycles. The number of nitrogens with one attached hydrogen (secondary N) is 1. The minimum absolute atomic E-state index is 0.292. The van der Waals surface area contributed by atoms with Crippen LogP contribution in [-0.2, 0) is 0 Å². The number of aromatic nitrogens is 2. The second-order valence-electron chi connectivity index (χ2n) is 4.01. The summed E-state index contributed by atoms with van der Waals surface area (Å²) in [6.07, 6.45) is 4.77. The monoisotopic (exact) mass is 261 g/mol. The van der Waals surface area contributed by atoms with Crippen molar-refractivity contribution in [1.29, 1.82) is 0 Å². The summed E-state index contributed by atoms with van der Waals surface area (Å²) in [6, 6.07) is 3.49. The molecule has 92 valence electrons. The van der Waals surface area contributed by atoms with Crippen LogP contribution < -0.4 is 5.32 Å². The highest BCUT2D eigenvalue weighted by Crippen LogP contribution is 2.17. The quantitative estimate of drug-likeness (QED) is 0.904. The summed E-state index contributed by atoms with van der Waals surface area (Å²) in [5, 5.41) is 3.12. The molecule has 18 heavy (non-hydrogen) atoms. The maximum atomic E-state index is 12.0. The molecule has 2 aromatic rings. The minimum Gasteiger partial charge on any atom is -0.320 e. The van der Waals surface area contributed by atoms with Crippen molar-refractivity contribution in [2.45, 2.75) is 13.8 Å². The Kier molecular flexibility index (Phi) is 3.58. The van der Waals surface area contributed by atoms with Crippen molar-refractivity contribution in [1.82, 2.24) is 9.97 Å². The molecule has 0 fully saturated rings. The second-order valence-corrected chi connectivity index (χ2v) is 4.42. The van der Waals surface area contributed by atoms with Gasteiger partial charge in [-0.2, -0.15) is 0 Å². The summed E-state index contributed by atoms with van der Waals surface area (Å²) < 4.78 is 0. The lowest BCUT2D eigenvalue weighted by molar-refractivity contribution is 0.102. The van der Waals surface area contributed by atoms with Gasteiger partial charge in [-0.3, -0.25) is 14.8 Å². The highest BCUT2D eigenvalue weighted by atomic mass is 35.5. The third kappa shape index (κ3) is 2.84. The molecule has 4 nitrogen and oxygen atoms in total. The molecular formula is C13H12ClN3O. The van der Waals surface area contributed by atoms with E-state index in [2.05, 4.69) is 15.3 Å². The van der Waals surface area contributed by atoms with Gasteiger partial charge in [-0.15, -0.1) is 0 Å². The van der Waals surface area contributed by atoms with E-state index in [1.165, 1.54) is 6.20 Å². The van der Waals surface area contributed by atoms with Crippen molar-refractivity contribution >= 4 is 23.2 Å². The number of carbonyl (C=O) groups excluding carboxylic acids is 1. The predicted octanol–water partition coefficient (Wildman–Crippen LogP) is 3.00. The van der Waals surface area contributed by atoms with E-state index < -0.39 is 0 Å². The summed E-state index contributed by atoms with van der Waals surface area (Å²) in [5.41, 5.74) is 2.73. The van der Waals surface area contributed by atoms with Crippen LogP contribution in [0, 0.1) is 13.8 Å². The first-order valence-electron chi connectivity index (χ1n) is 5.41. The fourth-order valence-electron chi connectivity index (χ4n) is 1.52. The third-order valence-corrected chi connectivity index (χ3v) is 2.68. The highest BCUT2D eigenvalue weighted by molar-refractivity contribution is 6.34. The first-order valence-corrected chi connectivity index (χ1v) is 5.79. The maximum absolute atomic E-state index is 12.0.